The summed E-state index contributed by atoms with van der Waals surface area (Å²) in [6.07, 6.45) is 5.69. The molecule has 0 aliphatic carbocycles. The molecule has 10 rings (SSSR count). The Kier molecular flexibility index (Phi) is 6.64. The lowest BCUT2D eigenvalue weighted by Crippen LogP contribution is -2.49. The largest absolute Gasteiger partial charge is 0.256 e. The summed E-state index contributed by atoms with van der Waals surface area (Å²) in [5.74, 6) is 0. The monoisotopic (exact) mass is 667 g/mol. The number of rotatable bonds is 4. The van der Waals surface area contributed by atoms with E-state index in [1.54, 1.807) is 0 Å². The number of aromatic nitrogens is 3. The van der Waals surface area contributed by atoms with Crippen molar-refractivity contribution >= 4 is 51.2 Å². The molecule has 1 aliphatic rings. The molecule has 4 heteroatoms. The van der Waals surface area contributed by atoms with Crippen molar-refractivity contribution in [2.75, 3.05) is 0 Å². The molecule has 1 aliphatic heterocycles. The SMILES string of the molecule is C[Si]1(C)c2ccccc2-c2cc(-c3cc(-c4ccc(-c5cnc6c(ccc7cccnc76)c5)cc4)cc(-c4cccc5cccnc45)c3)ccc21. The van der Waals surface area contributed by atoms with E-state index in [4.69, 9.17) is 9.97 Å². The van der Waals surface area contributed by atoms with Gasteiger partial charge in [-0.3, -0.25) is 15.0 Å². The molecule has 0 N–H and O–H groups in total. The summed E-state index contributed by atoms with van der Waals surface area (Å²) in [4.78, 5) is 14.3. The van der Waals surface area contributed by atoms with E-state index in [0.29, 0.717) is 0 Å². The highest BCUT2D eigenvalue weighted by Gasteiger charge is 2.37. The molecule has 0 bridgehead atoms. The van der Waals surface area contributed by atoms with Crippen molar-refractivity contribution in [1.82, 2.24) is 15.0 Å². The molecule has 0 spiro atoms. The van der Waals surface area contributed by atoms with Gasteiger partial charge in [-0.2, -0.15) is 0 Å². The maximum Gasteiger partial charge on any atom is 0.113 e. The Morgan fingerprint density at radius 1 is 0.353 bits per heavy atom. The summed E-state index contributed by atoms with van der Waals surface area (Å²) in [5, 5.41) is 6.38. The lowest BCUT2D eigenvalue weighted by atomic mass is 9.91. The van der Waals surface area contributed by atoms with E-state index in [2.05, 4.69) is 152 Å². The minimum Gasteiger partial charge on any atom is -0.256 e. The van der Waals surface area contributed by atoms with Gasteiger partial charge in [-0.15, -0.1) is 0 Å². The van der Waals surface area contributed by atoms with E-state index < -0.39 is 8.07 Å². The highest BCUT2D eigenvalue weighted by atomic mass is 28.3. The predicted molar refractivity (Wildman–Crippen MR) is 216 cm³/mol. The Morgan fingerprint density at radius 3 is 1.76 bits per heavy atom. The molecule has 0 amide bonds. The van der Waals surface area contributed by atoms with Crippen molar-refractivity contribution in [3.8, 4) is 55.6 Å². The fraction of sp³-hybridized carbons (Fsp3) is 0.0426. The summed E-state index contributed by atoms with van der Waals surface area (Å²) in [7, 11) is -1.74. The van der Waals surface area contributed by atoms with Crippen molar-refractivity contribution in [1.29, 1.82) is 0 Å². The van der Waals surface area contributed by atoms with Gasteiger partial charge in [0.25, 0.3) is 0 Å². The number of benzene rings is 6. The van der Waals surface area contributed by atoms with Crippen LogP contribution in [-0.2, 0) is 0 Å². The topological polar surface area (TPSA) is 38.7 Å². The van der Waals surface area contributed by atoms with E-state index >= 15 is 0 Å². The molecule has 0 fully saturated rings. The van der Waals surface area contributed by atoms with Gasteiger partial charge in [0.15, 0.2) is 0 Å². The van der Waals surface area contributed by atoms with Crippen LogP contribution < -0.4 is 10.4 Å². The fourth-order valence-electron chi connectivity index (χ4n) is 8.10. The molecule has 3 aromatic heterocycles. The van der Waals surface area contributed by atoms with Crippen LogP contribution in [0.4, 0.5) is 0 Å². The first-order valence-corrected chi connectivity index (χ1v) is 20.5. The smallest absolute Gasteiger partial charge is 0.113 e. The summed E-state index contributed by atoms with van der Waals surface area (Å²) in [6, 6.07) is 53.2. The van der Waals surface area contributed by atoms with E-state index in [1.165, 1.54) is 43.8 Å². The third-order valence-electron chi connectivity index (χ3n) is 10.8. The van der Waals surface area contributed by atoms with E-state index in [0.717, 1.165) is 55.0 Å². The molecule has 51 heavy (non-hydrogen) atoms. The third-order valence-corrected chi connectivity index (χ3v) is 14.3. The second kappa shape index (κ2) is 11.4. The van der Waals surface area contributed by atoms with Crippen LogP contribution in [0.2, 0.25) is 13.1 Å². The molecular weight excluding hydrogens is 635 g/mol. The number of fused-ring (bicyclic) bond motifs is 7. The molecule has 0 saturated heterocycles. The van der Waals surface area contributed by atoms with Crippen LogP contribution in [0, 0.1) is 0 Å². The normalized spacial score (nSPS) is 13.1. The standard InChI is InChI=1S/C47H33N3Si/c1-51(2)43-13-4-3-11-41(43)42-28-34(20-21-44(42)51)37-25-36(26-38(27-37)40-12-5-8-32-9-6-22-48-45(32)40)30-14-16-31(17-15-30)39-24-35-19-18-33-10-7-23-49-46(33)47(35)50-29-39/h3-29H,1-2H3. The Hall–Kier alpha value is -6.23. The van der Waals surface area contributed by atoms with Crippen LogP contribution in [-0.4, -0.2) is 23.0 Å². The average molecular weight is 668 g/mol. The second-order valence-corrected chi connectivity index (χ2v) is 18.5. The molecule has 4 heterocycles. The van der Waals surface area contributed by atoms with Crippen LogP contribution in [0.1, 0.15) is 0 Å². The minimum atomic E-state index is -1.74. The minimum absolute atomic E-state index is 0.932. The second-order valence-electron chi connectivity index (χ2n) is 14.1. The van der Waals surface area contributed by atoms with E-state index in [-0.39, 0.29) is 0 Å². The number of para-hydroxylation sites is 1. The molecule has 0 atom stereocenters. The van der Waals surface area contributed by atoms with Gasteiger partial charge >= 0.3 is 0 Å². The first-order valence-electron chi connectivity index (χ1n) is 17.5. The lowest BCUT2D eigenvalue weighted by Gasteiger charge is -2.19. The number of pyridine rings is 3. The van der Waals surface area contributed by atoms with Crippen LogP contribution in [0.5, 0.6) is 0 Å². The van der Waals surface area contributed by atoms with Gasteiger partial charge in [-0.05, 0) is 97.3 Å². The molecular formula is C47H33N3Si. The van der Waals surface area contributed by atoms with Gasteiger partial charge < -0.3 is 0 Å². The molecule has 3 nitrogen and oxygen atoms in total. The zero-order valence-electron chi connectivity index (χ0n) is 28.4. The molecule has 0 saturated carbocycles. The number of hydrogen-bond acceptors (Lipinski definition) is 3. The maximum atomic E-state index is 4.86. The Balaban J connectivity index is 1.10. The van der Waals surface area contributed by atoms with Crippen molar-refractivity contribution in [3.05, 3.63) is 164 Å². The first kappa shape index (κ1) is 29.7. The summed E-state index contributed by atoms with van der Waals surface area (Å²) >= 11 is 0. The van der Waals surface area contributed by atoms with Gasteiger partial charge in [-0.25, -0.2) is 0 Å². The van der Waals surface area contributed by atoms with Crippen LogP contribution in [0.15, 0.2) is 164 Å². The van der Waals surface area contributed by atoms with Crippen LogP contribution >= 0.6 is 0 Å². The van der Waals surface area contributed by atoms with Gasteiger partial charge in [0, 0.05) is 45.9 Å². The van der Waals surface area contributed by atoms with E-state index in [9.17, 15) is 0 Å². The van der Waals surface area contributed by atoms with Gasteiger partial charge in [0.2, 0.25) is 0 Å². The summed E-state index contributed by atoms with van der Waals surface area (Å²) in [5.41, 5.74) is 14.9. The van der Waals surface area contributed by atoms with E-state index in [1.807, 2.05) is 30.7 Å². The van der Waals surface area contributed by atoms with Crippen LogP contribution in [0.25, 0.3) is 88.3 Å². The molecule has 9 aromatic rings. The third kappa shape index (κ3) is 4.83. The Labute approximate surface area is 298 Å². The molecule has 6 aromatic carbocycles. The zero-order valence-corrected chi connectivity index (χ0v) is 29.4. The van der Waals surface area contributed by atoms with Crippen molar-refractivity contribution < 1.29 is 0 Å². The van der Waals surface area contributed by atoms with Crippen molar-refractivity contribution in [3.63, 3.8) is 0 Å². The zero-order chi connectivity index (χ0) is 34.1. The fourth-order valence-corrected chi connectivity index (χ4v) is 11.2. The molecule has 240 valence electrons. The van der Waals surface area contributed by atoms with Gasteiger partial charge in [0.05, 0.1) is 16.6 Å². The predicted octanol–water partition coefficient (Wildman–Crippen LogP) is 10.8. The maximum absolute atomic E-state index is 4.86. The Morgan fingerprint density at radius 2 is 0.941 bits per heavy atom. The Bertz CT molecular complexity index is 2830. The first-order chi connectivity index (χ1) is 25.0. The summed E-state index contributed by atoms with van der Waals surface area (Å²) in [6.45, 7) is 4.95. The van der Waals surface area contributed by atoms with Crippen molar-refractivity contribution in [2.45, 2.75) is 13.1 Å². The number of hydrogen-bond donors (Lipinski definition) is 0. The van der Waals surface area contributed by atoms with Crippen LogP contribution in [0.3, 0.4) is 0 Å². The average Bonchev–Trinajstić information content (AvgIpc) is 3.42. The van der Waals surface area contributed by atoms with Gasteiger partial charge in [-0.1, -0.05) is 116 Å². The van der Waals surface area contributed by atoms with Crippen molar-refractivity contribution in [2.24, 2.45) is 0 Å². The quantitative estimate of drug-likeness (QED) is 0.138. The molecule has 0 unspecified atom stereocenters. The highest BCUT2D eigenvalue weighted by molar-refractivity contribution is 7.03. The molecule has 0 radical (unpaired) electrons. The van der Waals surface area contributed by atoms with Gasteiger partial charge in [0.1, 0.15) is 8.07 Å². The summed E-state index contributed by atoms with van der Waals surface area (Å²) < 4.78 is 0. The highest BCUT2D eigenvalue weighted by Crippen LogP contribution is 2.38. The number of nitrogens with zero attached hydrogens (tertiary/aromatic N) is 3. The lowest BCUT2D eigenvalue weighted by molar-refractivity contribution is 1.37.